The summed E-state index contributed by atoms with van der Waals surface area (Å²) in [6.45, 7) is 0. The van der Waals surface area contributed by atoms with Crippen LogP contribution in [0.4, 0.5) is 5.69 Å². The first-order valence-electron chi connectivity index (χ1n) is 4.06. The van der Waals surface area contributed by atoms with Crippen LogP contribution in [0.25, 0.3) is 0 Å². The van der Waals surface area contributed by atoms with Gasteiger partial charge in [0.15, 0.2) is 0 Å². The normalized spacial score (nSPS) is 10.3. The maximum Gasteiger partial charge on any atom is 0.310 e. The van der Waals surface area contributed by atoms with Gasteiger partial charge in [-0.25, -0.2) is 0 Å². The lowest BCUT2D eigenvalue weighted by molar-refractivity contribution is -0.385. The van der Waals surface area contributed by atoms with Gasteiger partial charge in [-0.3, -0.25) is 15.2 Å². The van der Waals surface area contributed by atoms with Crippen LogP contribution in [0.15, 0.2) is 24.5 Å². The fourth-order valence-electron chi connectivity index (χ4n) is 1.26. The van der Waals surface area contributed by atoms with Gasteiger partial charge in [0, 0.05) is 18.3 Å². The second kappa shape index (κ2) is 3.33. The highest BCUT2D eigenvalue weighted by Gasteiger charge is 2.15. The van der Waals surface area contributed by atoms with E-state index in [0.717, 1.165) is 5.69 Å². The van der Waals surface area contributed by atoms with E-state index in [1.54, 1.807) is 6.20 Å². The van der Waals surface area contributed by atoms with E-state index >= 15 is 0 Å². The van der Waals surface area contributed by atoms with E-state index in [1.165, 1.54) is 6.20 Å². The highest BCUT2D eigenvalue weighted by Crippen LogP contribution is 2.17. The molecule has 0 aliphatic heterocycles. The first kappa shape index (κ1) is 8.49. The molecule has 0 bridgehead atoms. The molecule has 0 fully saturated rings. The van der Waals surface area contributed by atoms with Crippen LogP contribution in [0.2, 0.25) is 0 Å². The van der Waals surface area contributed by atoms with E-state index in [1.807, 2.05) is 12.1 Å². The Kier molecular flexibility index (Phi) is 2.02. The average Bonchev–Trinajstić information content (AvgIpc) is 2.75. The molecular weight excluding hydrogens is 184 g/mol. The first-order valence-corrected chi connectivity index (χ1v) is 4.06. The summed E-state index contributed by atoms with van der Waals surface area (Å²) in [5.74, 6) is 0. The molecular formula is C8H8N4O2. The van der Waals surface area contributed by atoms with E-state index in [2.05, 4.69) is 15.2 Å². The van der Waals surface area contributed by atoms with Crippen molar-refractivity contribution in [1.82, 2.24) is 15.2 Å². The third kappa shape index (κ3) is 1.49. The Morgan fingerprint density at radius 1 is 1.57 bits per heavy atom. The van der Waals surface area contributed by atoms with Crippen LogP contribution in [0.1, 0.15) is 11.4 Å². The monoisotopic (exact) mass is 192 g/mol. The zero-order valence-corrected chi connectivity index (χ0v) is 7.23. The number of H-pyrrole nitrogens is 2. The van der Waals surface area contributed by atoms with Gasteiger partial charge in [0.05, 0.1) is 4.92 Å². The molecule has 2 heterocycles. The molecule has 0 aromatic carbocycles. The van der Waals surface area contributed by atoms with E-state index in [-0.39, 0.29) is 5.69 Å². The van der Waals surface area contributed by atoms with Crippen LogP contribution in [0.3, 0.4) is 0 Å². The molecule has 72 valence electrons. The van der Waals surface area contributed by atoms with E-state index in [4.69, 9.17) is 0 Å². The van der Waals surface area contributed by atoms with Crippen molar-refractivity contribution in [2.24, 2.45) is 0 Å². The Morgan fingerprint density at radius 2 is 2.43 bits per heavy atom. The number of aromatic nitrogens is 3. The highest BCUT2D eigenvalue weighted by atomic mass is 16.6. The fourth-order valence-corrected chi connectivity index (χ4v) is 1.26. The lowest BCUT2D eigenvalue weighted by Crippen LogP contribution is -1.94. The summed E-state index contributed by atoms with van der Waals surface area (Å²) in [6, 6.07) is 3.71. The molecule has 6 heteroatoms. The van der Waals surface area contributed by atoms with E-state index in [0.29, 0.717) is 12.1 Å². The van der Waals surface area contributed by atoms with Gasteiger partial charge in [-0.05, 0) is 12.1 Å². The van der Waals surface area contributed by atoms with Crippen LogP contribution < -0.4 is 0 Å². The quantitative estimate of drug-likeness (QED) is 0.566. The van der Waals surface area contributed by atoms with Gasteiger partial charge in [-0.2, -0.15) is 5.10 Å². The summed E-state index contributed by atoms with van der Waals surface area (Å²) in [5.41, 5.74) is 1.45. The summed E-state index contributed by atoms with van der Waals surface area (Å²) in [4.78, 5) is 13.1. The van der Waals surface area contributed by atoms with Gasteiger partial charge < -0.3 is 4.98 Å². The Labute approximate surface area is 79.1 Å². The lowest BCUT2D eigenvalue weighted by atomic mass is 10.2. The minimum absolute atomic E-state index is 0.0274. The third-order valence-electron chi connectivity index (χ3n) is 1.92. The molecule has 2 aromatic heterocycles. The van der Waals surface area contributed by atoms with Crippen molar-refractivity contribution in [3.8, 4) is 0 Å². The van der Waals surface area contributed by atoms with Crippen molar-refractivity contribution in [1.29, 1.82) is 0 Å². The zero-order valence-electron chi connectivity index (χ0n) is 7.23. The predicted octanol–water partition coefficient (Wildman–Crippen LogP) is 1.24. The molecule has 0 unspecified atom stereocenters. The molecule has 0 saturated heterocycles. The first-order chi connectivity index (χ1) is 6.77. The summed E-state index contributed by atoms with van der Waals surface area (Å²) in [6.07, 6.45) is 3.46. The standard InChI is InChI=1S/C8H8N4O2/c13-12(14)8-5-10-11-7(8)4-6-2-1-3-9-6/h1-3,5,9H,4H2,(H,10,11). The summed E-state index contributed by atoms with van der Waals surface area (Å²) < 4.78 is 0. The van der Waals surface area contributed by atoms with Crippen molar-refractivity contribution in [2.45, 2.75) is 6.42 Å². The minimum atomic E-state index is -0.443. The molecule has 6 nitrogen and oxygen atoms in total. The van der Waals surface area contributed by atoms with E-state index < -0.39 is 4.92 Å². The maximum absolute atomic E-state index is 10.5. The third-order valence-corrected chi connectivity index (χ3v) is 1.92. The molecule has 0 spiro atoms. The molecule has 2 aromatic rings. The molecule has 2 rings (SSSR count). The van der Waals surface area contributed by atoms with Crippen molar-refractivity contribution in [2.75, 3.05) is 0 Å². The summed E-state index contributed by atoms with van der Waals surface area (Å²) in [5, 5.41) is 16.8. The van der Waals surface area contributed by atoms with Gasteiger partial charge in [0.2, 0.25) is 0 Å². The largest absolute Gasteiger partial charge is 0.365 e. The van der Waals surface area contributed by atoms with Gasteiger partial charge >= 0.3 is 5.69 Å². The Bertz CT molecular complexity index is 432. The zero-order chi connectivity index (χ0) is 9.97. The second-order valence-corrected chi connectivity index (χ2v) is 2.86. The maximum atomic E-state index is 10.5. The summed E-state index contributed by atoms with van der Waals surface area (Å²) >= 11 is 0. The van der Waals surface area contributed by atoms with Gasteiger partial charge in [0.1, 0.15) is 11.9 Å². The van der Waals surface area contributed by atoms with Crippen molar-refractivity contribution in [3.63, 3.8) is 0 Å². The highest BCUT2D eigenvalue weighted by molar-refractivity contribution is 5.34. The topological polar surface area (TPSA) is 87.6 Å². The number of aromatic amines is 2. The molecule has 0 atom stereocenters. The van der Waals surface area contributed by atoms with Gasteiger partial charge in [-0.1, -0.05) is 0 Å². The van der Waals surface area contributed by atoms with Gasteiger partial charge in [0.25, 0.3) is 0 Å². The molecule has 2 N–H and O–H groups in total. The molecule has 0 saturated carbocycles. The molecule has 0 aliphatic rings. The van der Waals surface area contributed by atoms with Crippen LogP contribution in [0, 0.1) is 10.1 Å². The second-order valence-electron chi connectivity index (χ2n) is 2.86. The number of rotatable bonds is 3. The van der Waals surface area contributed by atoms with E-state index in [9.17, 15) is 10.1 Å². The Morgan fingerprint density at radius 3 is 3.07 bits per heavy atom. The van der Waals surface area contributed by atoms with Crippen LogP contribution >= 0.6 is 0 Å². The molecule has 0 aliphatic carbocycles. The SMILES string of the molecule is O=[N+]([O-])c1cn[nH]c1Cc1ccc[nH]1. The van der Waals surface area contributed by atoms with Crippen molar-refractivity contribution < 1.29 is 4.92 Å². The number of nitro groups is 1. The fraction of sp³-hybridized carbons (Fsp3) is 0.125. The van der Waals surface area contributed by atoms with Crippen LogP contribution in [0.5, 0.6) is 0 Å². The van der Waals surface area contributed by atoms with Gasteiger partial charge in [-0.15, -0.1) is 0 Å². The van der Waals surface area contributed by atoms with Crippen molar-refractivity contribution >= 4 is 5.69 Å². The minimum Gasteiger partial charge on any atom is -0.365 e. The van der Waals surface area contributed by atoms with Crippen molar-refractivity contribution in [3.05, 3.63) is 46.0 Å². The average molecular weight is 192 g/mol. The molecule has 0 radical (unpaired) electrons. The Hall–Kier alpha value is -2.11. The summed E-state index contributed by atoms with van der Waals surface area (Å²) in [7, 11) is 0. The number of hydrogen-bond acceptors (Lipinski definition) is 3. The molecule has 14 heavy (non-hydrogen) atoms. The smallest absolute Gasteiger partial charge is 0.310 e. The van der Waals surface area contributed by atoms with Crippen LogP contribution in [-0.2, 0) is 6.42 Å². The number of nitrogens with zero attached hydrogens (tertiary/aromatic N) is 2. The number of nitrogens with one attached hydrogen (secondary N) is 2. The molecule has 0 amide bonds. The lowest BCUT2D eigenvalue weighted by Gasteiger charge is -1.94. The van der Waals surface area contributed by atoms with Crippen LogP contribution in [-0.4, -0.2) is 20.1 Å². The number of hydrogen-bond donors (Lipinski definition) is 2. The predicted molar refractivity (Wildman–Crippen MR) is 48.8 cm³/mol. The Balaban J connectivity index is 2.25.